The highest BCUT2D eigenvalue weighted by Crippen LogP contribution is 2.37. The molecule has 8 N–H and O–H groups in total. The number of pyridine rings is 1. The summed E-state index contributed by atoms with van der Waals surface area (Å²) in [7, 11) is 9.45. The number of phenolic OH excluding ortho intramolecular Hbond substituents is 6. The Hall–Kier alpha value is -15.8. The van der Waals surface area contributed by atoms with Gasteiger partial charge in [-0.05, 0) is 207 Å². The molecule has 0 radical (unpaired) electrons. The molecule has 1 fully saturated rings. The molecule has 1 aliphatic rings. The van der Waals surface area contributed by atoms with Crippen LogP contribution in [0.3, 0.4) is 0 Å². The number of esters is 1. The van der Waals surface area contributed by atoms with Gasteiger partial charge in [-0.25, -0.2) is 28.1 Å². The molecule has 1 aliphatic heterocycles. The van der Waals surface area contributed by atoms with Crippen molar-refractivity contribution >= 4 is 73.3 Å². The molecule has 11 aromatic carbocycles. The number of hydrogen-bond donors (Lipinski definition) is 8. The van der Waals surface area contributed by atoms with Gasteiger partial charge in [-0.2, -0.15) is 0 Å². The summed E-state index contributed by atoms with van der Waals surface area (Å²) in [5.41, 5.74) is 10.6. The number of aromatic nitrogens is 1. The minimum Gasteiger partial charge on any atom is -0.507 e. The van der Waals surface area contributed by atoms with E-state index in [2.05, 4.69) is 14.6 Å². The second-order valence-electron chi connectivity index (χ2n) is 26.3. The van der Waals surface area contributed by atoms with Crippen LogP contribution in [-0.4, -0.2) is 192 Å². The number of carboxylic acid groups (broad SMARTS) is 2. The molecule has 12 aromatic rings. The number of aromatic hydroxyl groups is 6. The Kier molecular flexibility index (Phi) is 31.8. The lowest BCUT2D eigenvalue weighted by molar-refractivity contribution is 0.0598. The molecule has 0 saturated carbocycles. The molecule has 28 heteroatoms. The zero-order valence-electron chi connectivity index (χ0n) is 65.1. The van der Waals surface area contributed by atoms with Gasteiger partial charge in [0.05, 0.1) is 77.5 Å². The van der Waals surface area contributed by atoms with Gasteiger partial charge in [-0.15, -0.1) is 0 Å². The van der Waals surface area contributed by atoms with Crippen LogP contribution in [0.4, 0.5) is 14.6 Å². The molecule has 13 rings (SSSR count). The summed E-state index contributed by atoms with van der Waals surface area (Å²) in [5, 5.41) is 74.5. The largest absolute Gasteiger partial charge is 0.507 e. The van der Waals surface area contributed by atoms with Gasteiger partial charge >= 0.3 is 17.9 Å². The molecular formula is C92H78F2N4O22. The highest BCUT2D eigenvalue weighted by molar-refractivity contribution is 5.97. The van der Waals surface area contributed by atoms with Gasteiger partial charge in [0, 0.05) is 64.2 Å². The Labute approximate surface area is 685 Å². The standard InChI is InChI=1S/C17H18N2O4.C16H14FNO3.C16H15NO3.C15H12O4.C14H9FO4.C14H10O4/c1-22-15-9-13(8-14(11-20)17(15)21)12-2-3-16(18-10-12)19-4-6-23-7-5-19;1-18(2)16(21)11-5-3-4-10(6-11)12-7-13(9-19)15(20)14(17)8-12;1-17(2)16(20)12-5-3-11(4-6-12)13-7-8-15(19)14(9-13)10-18;1-19-15(18)12-4-2-3-10(7-12)11-5-6-14(17)13(8-11)9-16;15-12-6-10(5-11(7-16)13(12)17)8-1-3-9(4-2-8)14(18)19;15-8-12-7-11(5-6-13(12)16)9-1-3-10(4-2-9)14(17)18/h2-3,8-11,21H,4-7H2,1H3;3-9,20H,1-2H3;3-10,19H,1-2H3;2-9,17H,1H3;1-7,17H,(H,18,19);1-8,16H,(H,17,18). The summed E-state index contributed by atoms with van der Waals surface area (Å²) in [6.07, 6.45) is 4.88. The minimum absolute atomic E-state index is 0.0387. The number of aldehydes is 6. The van der Waals surface area contributed by atoms with Gasteiger partial charge in [0.25, 0.3) is 11.8 Å². The van der Waals surface area contributed by atoms with Gasteiger partial charge in [-0.3, -0.25) is 38.4 Å². The number of phenols is 6. The van der Waals surface area contributed by atoms with Crippen molar-refractivity contribution in [1.82, 2.24) is 14.8 Å². The number of anilines is 1. The summed E-state index contributed by atoms with van der Waals surface area (Å²) < 4.78 is 42.1. The molecule has 26 nitrogen and oxygen atoms in total. The smallest absolute Gasteiger partial charge is 0.337 e. The van der Waals surface area contributed by atoms with Gasteiger partial charge in [-0.1, -0.05) is 78.9 Å². The predicted octanol–water partition coefficient (Wildman–Crippen LogP) is 15.3. The van der Waals surface area contributed by atoms with Crippen molar-refractivity contribution in [3.05, 3.63) is 303 Å². The van der Waals surface area contributed by atoms with E-state index in [1.165, 1.54) is 90.7 Å². The van der Waals surface area contributed by atoms with E-state index >= 15 is 0 Å². The number of carbonyl (C=O) groups excluding carboxylic acids is 9. The summed E-state index contributed by atoms with van der Waals surface area (Å²) in [4.78, 5) is 131. The number of morpholine rings is 1. The van der Waals surface area contributed by atoms with E-state index in [0.29, 0.717) is 89.9 Å². The van der Waals surface area contributed by atoms with Crippen molar-refractivity contribution in [2.45, 2.75) is 0 Å². The number of aromatic carboxylic acids is 2. The number of methoxy groups -OCH3 is 2. The lowest BCUT2D eigenvalue weighted by Crippen LogP contribution is -2.36. The summed E-state index contributed by atoms with van der Waals surface area (Å²) >= 11 is 0. The SMILES string of the molecule is CN(C)C(=O)c1ccc(-c2ccc(O)c(C=O)c2)cc1.CN(C)C(=O)c1cccc(-c2cc(F)c(O)c(C=O)c2)c1.COC(=O)c1cccc(-c2ccc(O)c(C=O)c2)c1.COc1cc(-c2ccc(N3CCOCC3)nc2)cc(C=O)c1O.O=Cc1cc(-c2ccc(C(=O)O)cc2)cc(F)c1O.O=Cc1cc(-c2ccc(C(=O)O)cc2)ccc1O. The average molecular weight is 1630 g/mol. The average Bonchev–Trinajstić information content (AvgIpc) is 0.823. The van der Waals surface area contributed by atoms with Crippen LogP contribution in [0, 0.1) is 11.6 Å². The van der Waals surface area contributed by atoms with E-state index in [1.807, 2.05) is 30.3 Å². The van der Waals surface area contributed by atoms with Gasteiger partial charge in [0.2, 0.25) is 0 Å². The van der Waals surface area contributed by atoms with Crippen molar-refractivity contribution in [3.8, 4) is 107 Å². The third kappa shape index (κ3) is 23.4. The van der Waals surface area contributed by atoms with Gasteiger partial charge < -0.3 is 69.8 Å². The van der Waals surface area contributed by atoms with E-state index in [0.717, 1.165) is 75.5 Å². The topological polar surface area (TPSA) is 400 Å². The molecule has 2 heterocycles. The molecule has 0 bridgehead atoms. The molecule has 1 saturated heterocycles. The molecule has 2 amide bonds. The number of nitrogens with zero attached hydrogens (tertiary/aromatic N) is 4. The van der Waals surface area contributed by atoms with Crippen molar-refractivity contribution in [2.75, 3.05) is 73.6 Å². The highest BCUT2D eigenvalue weighted by atomic mass is 19.1. The van der Waals surface area contributed by atoms with E-state index in [1.54, 1.807) is 150 Å². The van der Waals surface area contributed by atoms with Crippen LogP contribution in [0.2, 0.25) is 0 Å². The molecule has 0 unspecified atom stereocenters. The third-order valence-corrected chi connectivity index (χ3v) is 18.0. The van der Waals surface area contributed by atoms with E-state index in [4.69, 9.17) is 19.7 Å². The fraction of sp³-hybridized carbons (Fsp3) is 0.109. The number of rotatable bonds is 19. The van der Waals surface area contributed by atoms with E-state index < -0.39 is 41.0 Å². The highest BCUT2D eigenvalue weighted by Gasteiger charge is 2.19. The molecule has 0 aliphatic carbocycles. The van der Waals surface area contributed by atoms with Crippen LogP contribution < -0.4 is 9.64 Å². The number of ether oxygens (including phenoxy) is 3. The monoisotopic (exact) mass is 1630 g/mol. The first-order chi connectivity index (χ1) is 57.5. The van der Waals surface area contributed by atoms with Crippen LogP contribution in [0.25, 0.3) is 66.8 Å². The zero-order valence-corrected chi connectivity index (χ0v) is 65.1. The molecule has 120 heavy (non-hydrogen) atoms. The first-order valence-corrected chi connectivity index (χ1v) is 35.9. The second-order valence-corrected chi connectivity index (χ2v) is 26.3. The van der Waals surface area contributed by atoms with E-state index in [9.17, 15) is 92.2 Å². The van der Waals surface area contributed by atoms with Gasteiger partial charge in [0.15, 0.2) is 72.3 Å². The zero-order chi connectivity index (χ0) is 87.4. The molecular weight excluding hydrogens is 1550 g/mol. The maximum atomic E-state index is 13.6. The van der Waals surface area contributed by atoms with Crippen molar-refractivity contribution in [3.63, 3.8) is 0 Å². The molecule has 0 atom stereocenters. The van der Waals surface area contributed by atoms with Gasteiger partial charge in [0.1, 0.15) is 23.1 Å². The normalized spacial score (nSPS) is 10.9. The number of benzene rings is 11. The van der Waals surface area contributed by atoms with Crippen LogP contribution in [0.5, 0.6) is 40.2 Å². The Morgan fingerprint density at radius 2 is 0.708 bits per heavy atom. The number of amides is 2. The predicted molar refractivity (Wildman–Crippen MR) is 442 cm³/mol. The third-order valence-electron chi connectivity index (χ3n) is 18.0. The second kappa shape index (κ2) is 42.5. The number of hydrogen-bond acceptors (Lipinski definition) is 22. The summed E-state index contributed by atoms with van der Waals surface area (Å²) in [6.45, 7) is 3.08. The molecule has 0 spiro atoms. The van der Waals surface area contributed by atoms with Crippen LogP contribution >= 0.6 is 0 Å². The van der Waals surface area contributed by atoms with Crippen LogP contribution in [-0.2, 0) is 9.47 Å². The Balaban J connectivity index is 0.000000180. The number of carbonyl (C=O) groups is 11. The fourth-order valence-corrected chi connectivity index (χ4v) is 11.5. The maximum Gasteiger partial charge on any atom is 0.337 e. The Bertz CT molecular complexity index is 5760. The van der Waals surface area contributed by atoms with Crippen molar-refractivity contribution in [2.24, 2.45) is 0 Å². The van der Waals surface area contributed by atoms with Crippen LogP contribution in [0.1, 0.15) is 114 Å². The first kappa shape index (κ1) is 89.7. The van der Waals surface area contributed by atoms with Crippen molar-refractivity contribution < 1.29 is 117 Å². The lowest BCUT2D eigenvalue weighted by Gasteiger charge is -2.27. The number of halogens is 2. The molecule has 612 valence electrons. The first-order valence-electron chi connectivity index (χ1n) is 35.9. The minimum atomic E-state index is -1.06. The maximum absolute atomic E-state index is 13.6. The van der Waals surface area contributed by atoms with Crippen LogP contribution in [0.15, 0.2) is 231 Å². The Morgan fingerprint density at radius 3 is 1.10 bits per heavy atom. The summed E-state index contributed by atoms with van der Waals surface area (Å²) in [6, 6.07) is 59.0. The quantitative estimate of drug-likeness (QED) is 0.0275. The van der Waals surface area contributed by atoms with Crippen molar-refractivity contribution in [1.29, 1.82) is 0 Å². The van der Waals surface area contributed by atoms with E-state index in [-0.39, 0.29) is 85.1 Å². The fourth-order valence-electron chi connectivity index (χ4n) is 11.5. The summed E-state index contributed by atoms with van der Waals surface area (Å²) in [5.74, 6) is -5.00. The molecule has 1 aromatic heterocycles. The lowest BCUT2D eigenvalue weighted by atomic mass is 10.00. The Morgan fingerprint density at radius 1 is 0.375 bits per heavy atom. The number of carboxylic acids is 2.